The average molecular weight is 313 g/mol. The molecule has 1 fully saturated rings. The molecule has 1 aromatic rings. The first-order chi connectivity index (χ1) is 10.3. The Labute approximate surface area is 132 Å². The molecule has 1 aromatic carbocycles. The van der Waals surface area contributed by atoms with E-state index in [-0.39, 0.29) is 0 Å². The minimum Gasteiger partial charge on any atom is -0.383 e. The van der Waals surface area contributed by atoms with Crippen molar-refractivity contribution in [3.63, 3.8) is 0 Å². The summed E-state index contributed by atoms with van der Waals surface area (Å²) < 4.78 is 10.7. The summed E-state index contributed by atoms with van der Waals surface area (Å²) in [5.41, 5.74) is 2.39. The number of morpholine rings is 1. The van der Waals surface area contributed by atoms with Gasteiger partial charge in [0.1, 0.15) is 0 Å². The van der Waals surface area contributed by atoms with Crippen LogP contribution in [0.15, 0.2) is 18.2 Å². The molecular formula is C16H25ClN2O2. The number of methoxy groups -OCH3 is 1. The van der Waals surface area contributed by atoms with Gasteiger partial charge in [-0.3, -0.25) is 0 Å². The average Bonchev–Trinajstić information content (AvgIpc) is 2.52. The molecule has 1 aliphatic rings. The molecule has 1 atom stereocenters. The second-order valence-corrected chi connectivity index (χ2v) is 5.64. The van der Waals surface area contributed by atoms with Crippen molar-refractivity contribution in [2.45, 2.75) is 25.9 Å². The Morgan fingerprint density at radius 2 is 2.33 bits per heavy atom. The highest BCUT2D eigenvalue weighted by atomic mass is 35.5. The summed E-state index contributed by atoms with van der Waals surface area (Å²) in [6.45, 7) is 6.97. The second-order valence-electron chi connectivity index (χ2n) is 5.24. The van der Waals surface area contributed by atoms with Gasteiger partial charge in [0, 0.05) is 43.0 Å². The first-order valence-corrected chi connectivity index (χ1v) is 7.97. The Kier molecular flexibility index (Phi) is 6.77. The van der Waals surface area contributed by atoms with E-state index < -0.39 is 0 Å². The first-order valence-electron chi connectivity index (χ1n) is 7.59. The van der Waals surface area contributed by atoms with Crippen LogP contribution in [0.1, 0.15) is 18.9 Å². The monoisotopic (exact) mass is 312 g/mol. The molecule has 1 unspecified atom stereocenters. The van der Waals surface area contributed by atoms with Gasteiger partial charge >= 0.3 is 0 Å². The van der Waals surface area contributed by atoms with Crippen molar-refractivity contribution >= 4 is 17.3 Å². The number of nitrogens with zero attached hydrogens (tertiary/aromatic N) is 1. The third-order valence-electron chi connectivity index (χ3n) is 3.89. The van der Waals surface area contributed by atoms with Crippen molar-refractivity contribution in [2.24, 2.45) is 0 Å². The Morgan fingerprint density at radius 1 is 1.48 bits per heavy atom. The van der Waals surface area contributed by atoms with Gasteiger partial charge in [-0.2, -0.15) is 0 Å². The highest BCUT2D eigenvalue weighted by molar-refractivity contribution is 6.31. The summed E-state index contributed by atoms with van der Waals surface area (Å²) in [7, 11) is 1.71. The summed E-state index contributed by atoms with van der Waals surface area (Å²) in [6.07, 6.45) is 1.07. The molecular weight excluding hydrogens is 288 g/mol. The fourth-order valence-corrected chi connectivity index (χ4v) is 2.93. The van der Waals surface area contributed by atoms with Crippen molar-refractivity contribution in [2.75, 3.05) is 44.9 Å². The van der Waals surface area contributed by atoms with Gasteiger partial charge in [-0.15, -0.1) is 0 Å². The largest absolute Gasteiger partial charge is 0.383 e. The third-order valence-corrected chi connectivity index (χ3v) is 4.24. The summed E-state index contributed by atoms with van der Waals surface area (Å²) in [4.78, 5) is 2.43. The van der Waals surface area contributed by atoms with Gasteiger partial charge in [-0.25, -0.2) is 0 Å². The number of anilines is 1. The van der Waals surface area contributed by atoms with E-state index >= 15 is 0 Å². The van der Waals surface area contributed by atoms with E-state index in [2.05, 4.69) is 23.2 Å². The molecule has 0 aromatic heterocycles. The fraction of sp³-hybridized carbons (Fsp3) is 0.625. The van der Waals surface area contributed by atoms with E-state index in [1.807, 2.05) is 12.1 Å². The molecule has 21 heavy (non-hydrogen) atoms. The highest BCUT2D eigenvalue weighted by Gasteiger charge is 2.24. The van der Waals surface area contributed by atoms with E-state index in [9.17, 15) is 0 Å². The third kappa shape index (κ3) is 4.33. The van der Waals surface area contributed by atoms with Crippen molar-refractivity contribution in [3.05, 3.63) is 28.8 Å². The van der Waals surface area contributed by atoms with Crippen LogP contribution in [-0.2, 0) is 16.0 Å². The molecule has 0 bridgehead atoms. The zero-order valence-electron chi connectivity index (χ0n) is 12.9. The Bertz CT molecular complexity index is 442. The summed E-state index contributed by atoms with van der Waals surface area (Å²) in [6, 6.07) is 6.57. The maximum Gasteiger partial charge on any atom is 0.0670 e. The van der Waals surface area contributed by atoms with Gasteiger partial charge in [0.25, 0.3) is 0 Å². The molecule has 0 aliphatic carbocycles. The van der Waals surface area contributed by atoms with Crippen molar-refractivity contribution in [3.8, 4) is 0 Å². The molecule has 0 spiro atoms. The van der Waals surface area contributed by atoms with Gasteiger partial charge in [-0.05, 0) is 18.6 Å². The molecule has 118 valence electrons. The zero-order valence-corrected chi connectivity index (χ0v) is 13.7. The van der Waals surface area contributed by atoms with Crippen LogP contribution in [0.3, 0.4) is 0 Å². The lowest BCUT2D eigenvalue weighted by atomic mass is 10.1. The summed E-state index contributed by atoms with van der Waals surface area (Å²) >= 11 is 6.42. The minimum atomic E-state index is 0.426. The minimum absolute atomic E-state index is 0.426. The van der Waals surface area contributed by atoms with Gasteiger partial charge in [0.15, 0.2) is 0 Å². The lowest BCUT2D eigenvalue weighted by molar-refractivity contribution is 0.0929. The predicted octanol–water partition coefficient (Wildman–Crippen LogP) is 2.69. The molecule has 0 amide bonds. The maximum atomic E-state index is 6.42. The normalized spacial score (nSPS) is 19.0. The van der Waals surface area contributed by atoms with E-state index in [0.29, 0.717) is 12.6 Å². The lowest BCUT2D eigenvalue weighted by Gasteiger charge is -2.38. The highest BCUT2D eigenvalue weighted by Crippen LogP contribution is 2.30. The molecule has 0 radical (unpaired) electrons. The molecule has 1 saturated heterocycles. The number of hydrogen-bond acceptors (Lipinski definition) is 4. The van der Waals surface area contributed by atoms with E-state index in [1.54, 1.807) is 7.11 Å². The zero-order chi connectivity index (χ0) is 15.1. The van der Waals surface area contributed by atoms with Gasteiger partial charge in [0.2, 0.25) is 0 Å². The van der Waals surface area contributed by atoms with Crippen molar-refractivity contribution in [1.82, 2.24) is 5.32 Å². The molecule has 1 aliphatic heterocycles. The number of ether oxygens (including phenoxy) is 2. The Morgan fingerprint density at radius 3 is 3.10 bits per heavy atom. The molecule has 4 nitrogen and oxygen atoms in total. The Balaban J connectivity index is 2.15. The van der Waals surface area contributed by atoms with Crippen molar-refractivity contribution < 1.29 is 9.47 Å². The van der Waals surface area contributed by atoms with Gasteiger partial charge in [-0.1, -0.05) is 24.6 Å². The van der Waals surface area contributed by atoms with E-state index in [0.717, 1.165) is 49.9 Å². The van der Waals surface area contributed by atoms with Gasteiger partial charge < -0.3 is 19.7 Å². The van der Waals surface area contributed by atoms with Crippen LogP contribution in [0, 0.1) is 0 Å². The molecule has 1 heterocycles. The van der Waals surface area contributed by atoms with Crippen molar-refractivity contribution in [1.29, 1.82) is 0 Å². The van der Waals surface area contributed by atoms with Crippen LogP contribution in [0.4, 0.5) is 5.69 Å². The molecule has 1 N–H and O–H groups in total. The van der Waals surface area contributed by atoms with Crippen LogP contribution in [-0.4, -0.2) is 46.1 Å². The lowest BCUT2D eigenvalue weighted by Crippen LogP contribution is -2.45. The number of halogens is 1. The van der Waals surface area contributed by atoms with Crippen LogP contribution >= 0.6 is 11.6 Å². The summed E-state index contributed by atoms with van der Waals surface area (Å²) in [5.74, 6) is 0. The SMILES string of the molecule is CCC1COCCN1c1cccc(Cl)c1CNCCOC. The number of rotatable bonds is 7. The quantitative estimate of drug-likeness (QED) is 0.785. The van der Waals surface area contributed by atoms with Crippen LogP contribution in [0.5, 0.6) is 0 Å². The van der Waals surface area contributed by atoms with E-state index in [1.165, 1.54) is 5.69 Å². The predicted molar refractivity (Wildman–Crippen MR) is 87.3 cm³/mol. The summed E-state index contributed by atoms with van der Waals surface area (Å²) in [5, 5.41) is 4.21. The van der Waals surface area contributed by atoms with E-state index in [4.69, 9.17) is 21.1 Å². The van der Waals surface area contributed by atoms with Crippen LogP contribution in [0.2, 0.25) is 5.02 Å². The number of hydrogen-bond donors (Lipinski definition) is 1. The number of nitrogens with one attached hydrogen (secondary N) is 1. The number of benzene rings is 1. The smallest absolute Gasteiger partial charge is 0.0670 e. The fourth-order valence-electron chi connectivity index (χ4n) is 2.69. The van der Waals surface area contributed by atoms with Crippen LogP contribution < -0.4 is 10.2 Å². The second kappa shape index (κ2) is 8.59. The molecule has 5 heteroatoms. The topological polar surface area (TPSA) is 33.7 Å². The molecule has 2 rings (SSSR count). The Hall–Kier alpha value is -0.810. The maximum absolute atomic E-state index is 6.42. The standard InChI is InChI=1S/C16H25ClN2O2/c1-3-13-12-21-10-8-19(13)16-6-4-5-15(17)14(16)11-18-7-9-20-2/h4-6,13,18H,3,7-12H2,1-2H3. The first kappa shape index (κ1) is 16.6. The van der Waals surface area contributed by atoms with Crippen LogP contribution in [0.25, 0.3) is 0 Å². The molecule has 0 saturated carbocycles. The van der Waals surface area contributed by atoms with Gasteiger partial charge in [0.05, 0.1) is 25.9 Å².